The first kappa shape index (κ1) is 30.3. The quantitative estimate of drug-likeness (QED) is 0.173. The van der Waals surface area contributed by atoms with Crippen molar-refractivity contribution in [3.8, 4) is 11.1 Å². The van der Waals surface area contributed by atoms with E-state index in [1.54, 1.807) is 6.92 Å². The summed E-state index contributed by atoms with van der Waals surface area (Å²) in [7, 11) is 0. The summed E-state index contributed by atoms with van der Waals surface area (Å²) in [5.41, 5.74) is 3.95. The van der Waals surface area contributed by atoms with E-state index in [9.17, 15) is 18.0 Å². The van der Waals surface area contributed by atoms with E-state index in [-0.39, 0.29) is 18.1 Å². The highest BCUT2D eigenvalue weighted by Crippen LogP contribution is 2.37. The SMILES string of the molecule is CC(=O)C(C)(C)c1cccc(-c2ccc(CN(Cc3ccc(C(F)(F)F)o3)C(C)(C)c3cccc4ccccc34)cc2)c1. The van der Waals surface area contributed by atoms with Crippen LogP contribution in [0.25, 0.3) is 21.9 Å². The molecule has 0 amide bonds. The summed E-state index contributed by atoms with van der Waals surface area (Å²) in [6.45, 7) is 10.3. The maximum atomic E-state index is 13.3. The Morgan fingerprint density at radius 2 is 1.42 bits per heavy atom. The van der Waals surface area contributed by atoms with Gasteiger partial charge in [-0.1, -0.05) is 91.0 Å². The van der Waals surface area contributed by atoms with E-state index in [0.717, 1.165) is 44.7 Å². The molecule has 0 atom stereocenters. The summed E-state index contributed by atoms with van der Waals surface area (Å²) in [6.07, 6.45) is -4.54. The minimum atomic E-state index is -4.54. The summed E-state index contributed by atoms with van der Waals surface area (Å²) in [5, 5.41) is 2.20. The highest BCUT2D eigenvalue weighted by Gasteiger charge is 2.36. The topological polar surface area (TPSA) is 33.5 Å². The summed E-state index contributed by atoms with van der Waals surface area (Å²) >= 11 is 0. The number of carbonyl (C=O) groups excluding carboxylic acids is 1. The Labute approximate surface area is 251 Å². The number of furan rings is 1. The molecule has 0 unspecified atom stereocenters. The Kier molecular flexibility index (Phi) is 8.10. The molecular weight excluding hydrogens is 547 g/mol. The fourth-order valence-corrected chi connectivity index (χ4v) is 5.50. The van der Waals surface area contributed by atoms with Crippen LogP contribution in [0.1, 0.15) is 62.8 Å². The zero-order valence-electron chi connectivity index (χ0n) is 25.1. The lowest BCUT2D eigenvalue weighted by Gasteiger charge is -2.39. The fraction of sp³-hybridized carbons (Fsp3) is 0.270. The van der Waals surface area contributed by atoms with Gasteiger partial charge in [0.15, 0.2) is 0 Å². The number of nitrogens with zero attached hydrogens (tertiary/aromatic N) is 1. The molecule has 0 bridgehead atoms. The Morgan fingerprint density at radius 1 is 0.744 bits per heavy atom. The van der Waals surface area contributed by atoms with Crippen LogP contribution in [0.4, 0.5) is 13.2 Å². The number of rotatable bonds is 9. The van der Waals surface area contributed by atoms with Gasteiger partial charge in [-0.25, -0.2) is 0 Å². The molecule has 1 heterocycles. The summed E-state index contributed by atoms with van der Waals surface area (Å²) < 4.78 is 45.3. The molecule has 0 fully saturated rings. The van der Waals surface area contributed by atoms with Crippen molar-refractivity contribution in [3.05, 3.63) is 131 Å². The number of halogens is 3. The summed E-state index contributed by atoms with van der Waals surface area (Å²) in [4.78, 5) is 14.4. The first-order valence-corrected chi connectivity index (χ1v) is 14.4. The predicted octanol–water partition coefficient (Wildman–Crippen LogP) is 9.92. The van der Waals surface area contributed by atoms with Crippen LogP contribution in [-0.2, 0) is 35.0 Å². The molecule has 0 aliphatic heterocycles. The van der Waals surface area contributed by atoms with E-state index in [4.69, 9.17) is 4.42 Å². The average Bonchev–Trinajstić information content (AvgIpc) is 3.46. The smallest absolute Gasteiger partial charge is 0.449 e. The highest BCUT2D eigenvalue weighted by atomic mass is 19.4. The third kappa shape index (κ3) is 6.30. The molecule has 0 saturated carbocycles. The van der Waals surface area contributed by atoms with Gasteiger partial charge in [-0.05, 0) is 85.3 Å². The number of Topliss-reactive ketones (excluding diaryl/α,β-unsaturated/α-hetero) is 1. The fourth-order valence-electron chi connectivity index (χ4n) is 5.50. The summed E-state index contributed by atoms with van der Waals surface area (Å²) in [6, 6.07) is 32.9. The third-order valence-electron chi connectivity index (χ3n) is 8.65. The molecule has 0 radical (unpaired) electrons. The van der Waals surface area contributed by atoms with Crippen LogP contribution in [-0.4, -0.2) is 10.7 Å². The van der Waals surface area contributed by atoms with Gasteiger partial charge in [0, 0.05) is 17.5 Å². The Balaban J connectivity index is 1.48. The van der Waals surface area contributed by atoms with Gasteiger partial charge in [0.25, 0.3) is 0 Å². The van der Waals surface area contributed by atoms with Gasteiger partial charge in [0.1, 0.15) is 11.5 Å². The van der Waals surface area contributed by atoms with Crippen molar-refractivity contribution in [2.75, 3.05) is 0 Å². The number of alkyl halides is 3. The lowest BCUT2D eigenvalue weighted by molar-refractivity contribution is -0.153. The van der Waals surface area contributed by atoms with Crippen molar-refractivity contribution in [1.29, 1.82) is 0 Å². The number of benzene rings is 4. The minimum Gasteiger partial charge on any atom is -0.455 e. The molecule has 5 rings (SSSR count). The zero-order valence-corrected chi connectivity index (χ0v) is 25.1. The minimum absolute atomic E-state index is 0.104. The normalized spacial score (nSPS) is 12.7. The highest BCUT2D eigenvalue weighted by molar-refractivity contribution is 5.88. The molecule has 1 aromatic heterocycles. The molecule has 0 saturated heterocycles. The zero-order chi connectivity index (χ0) is 31.0. The number of hydrogen-bond acceptors (Lipinski definition) is 3. The van der Waals surface area contributed by atoms with E-state index in [0.29, 0.717) is 6.54 Å². The van der Waals surface area contributed by atoms with Gasteiger partial charge >= 0.3 is 6.18 Å². The van der Waals surface area contributed by atoms with Crippen molar-refractivity contribution in [1.82, 2.24) is 4.90 Å². The van der Waals surface area contributed by atoms with Crippen molar-refractivity contribution in [2.45, 2.75) is 64.8 Å². The van der Waals surface area contributed by atoms with Crippen LogP contribution in [0.15, 0.2) is 108 Å². The van der Waals surface area contributed by atoms with Crippen LogP contribution in [0.3, 0.4) is 0 Å². The molecule has 6 heteroatoms. The van der Waals surface area contributed by atoms with Gasteiger partial charge in [0.2, 0.25) is 5.76 Å². The molecule has 3 nitrogen and oxygen atoms in total. The standard InChI is InChI=1S/C37H36F3NO2/c1-25(42)35(2,3)30-13-8-12-29(22-30)27-18-16-26(17-19-27)23-41(24-31-20-21-34(43-31)37(38,39)40)36(4,5)33-15-9-11-28-10-6-7-14-32(28)33/h6-22H,23-24H2,1-5H3. The van der Waals surface area contributed by atoms with Crippen molar-refractivity contribution in [2.24, 2.45) is 0 Å². The number of carbonyl (C=O) groups is 1. The average molecular weight is 584 g/mol. The lowest BCUT2D eigenvalue weighted by Crippen LogP contribution is -2.40. The van der Waals surface area contributed by atoms with E-state index in [1.165, 1.54) is 6.07 Å². The largest absolute Gasteiger partial charge is 0.455 e. The van der Waals surface area contributed by atoms with Gasteiger partial charge in [-0.3, -0.25) is 9.69 Å². The molecule has 0 spiro atoms. The van der Waals surface area contributed by atoms with Crippen molar-refractivity contribution in [3.63, 3.8) is 0 Å². The van der Waals surface area contributed by atoms with Gasteiger partial charge < -0.3 is 4.42 Å². The molecule has 222 valence electrons. The van der Waals surface area contributed by atoms with Gasteiger partial charge in [-0.2, -0.15) is 13.2 Å². The summed E-state index contributed by atoms with van der Waals surface area (Å²) in [5.74, 6) is -0.639. The maximum absolute atomic E-state index is 13.3. The number of hydrogen-bond donors (Lipinski definition) is 0. The molecule has 4 aromatic carbocycles. The molecule has 5 aromatic rings. The number of ketones is 1. The molecular formula is C37H36F3NO2. The van der Waals surface area contributed by atoms with Crippen LogP contribution in [0.2, 0.25) is 0 Å². The third-order valence-corrected chi connectivity index (χ3v) is 8.65. The monoisotopic (exact) mass is 583 g/mol. The predicted molar refractivity (Wildman–Crippen MR) is 166 cm³/mol. The Morgan fingerprint density at radius 3 is 2.09 bits per heavy atom. The second-order valence-corrected chi connectivity index (χ2v) is 12.2. The van der Waals surface area contributed by atoms with Crippen LogP contribution in [0.5, 0.6) is 0 Å². The van der Waals surface area contributed by atoms with Crippen molar-refractivity contribution >= 4 is 16.6 Å². The maximum Gasteiger partial charge on any atom is 0.449 e. The van der Waals surface area contributed by atoms with Crippen LogP contribution >= 0.6 is 0 Å². The van der Waals surface area contributed by atoms with E-state index >= 15 is 0 Å². The second-order valence-electron chi connectivity index (χ2n) is 12.2. The molecule has 0 N–H and O–H groups in total. The second kappa shape index (κ2) is 11.5. The Bertz CT molecular complexity index is 1740. The lowest BCUT2D eigenvalue weighted by atomic mass is 9.80. The Hall–Kier alpha value is -4.16. The van der Waals surface area contributed by atoms with Crippen LogP contribution in [0, 0.1) is 0 Å². The molecule has 43 heavy (non-hydrogen) atoms. The van der Waals surface area contributed by atoms with E-state index in [1.807, 2.05) is 74.5 Å². The first-order chi connectivity index (χ1) is 20.3. The van der Waals surface area contributed by atoms with E-state index < -0.39 is 22.9 Å². The van der Waals surface area contributed by atoms with Crippen molar-refractivity contribution < 1.29 is 22.4 Å². The first-order valence-electron chi connectivity index (χ1n) is 14.4. The molecule has 0 aliphatic carbocycles. The van der Waals surface area contributed by atoms with Gasteiger partial charge in [0.05, 0.1) is 6.54 Å². The van der Waals surface area contributed by atoms with E-state index in [2.05, 4.69) is 49.1 Å². The molecule has 0 aliphatic rings. The van der Waals surface area contributed by atoms with Gasteiger partial charge in [-0.15, -0.1) is 0 Å². The van der Waals surface area contributed by atoms with Crippen LogP contribution < -0.4 is 0 Å². The number of fused-ring (bicyclic) bond motifs is 1.